The second-order valence-electron chi connectivity index (χ2n) is 6.16. The Balaban J connectivity index is 1.62. The molecule has 2 N–H and O–H groups in total. The van der Waals surface area contributed by atoms with E-state index in [9.17, 15) is 9.90 Å². The molecule has 0 bridgehead atoms. The van der Waals surface area contributed by atoms with E-state index >= 15 is 0 Å². The van der Waals surface area contributed by atoms with Crippen molar-refractivity contribution in [3.8, 4) is 0 Å². The van der Waals surface area contributed by atoms with Crippen molar-refractivity contribution in [2.45, 2.75) is 51.4 Å². The minimum absolute atomic E-state index is 0.384. The van der Waals surface area contributed by atoms with Crippen molar-refractivity contribution in [1.29, 1.82) is 0 Å². The molecule has 0 radical (unpaired) electrons. The lowest BCUT2D eigenvalue weighted by atomic mass is 9.80. The van der Waals surface area contributed by atoms with Crippen LogP contribution in [-0.2, 0) is 11.2 Å². The fourth-order valence-electron chi connectivity index (χ4n) is 3.46. The van der Waals surface area contributed by atoms with Gasteiger partial charge in [0.25, 0.3) is 0 Å². The zero-order valence-electron chi connectivity index (χ0n) is 11.9. The number of rotatable bonds is 4. The van der Waals surface area contributed by atoms with E-state index in [1.165, 1.54) is 25.7 Å². The lowest BCUT2D eigenvalue weighted by molar-refractivity contribution is -0.138. The number of carbonyl (C=O) groups is 1. The lowest BCUT2D eigenvalue weighted by Gasteiger charge is -2.28. The molecule has 2 aliphatic carbocycles. The number of thiazole rings is 1. The summed E-state index contributed by atoms with van der Waals surface area (Å²) in [4.78, 5) is 16.9. The molecule has 3 unspecified atom stereocenters. The first kappa shape index (κ1) is 13.9. The number of aromatic nitrogens is 1. The summed E-state index contributed by atoms with van der Waals surface area (Å²) in [7, 11) is 0. The Morgan fingerprint density at radius 1 is 1.40 bits per heavy atom. The summed E-state index contributed by atoms with van der Waals surface area (Å²) in [6.45, 7) is 3.32. The van der Waals surface area contributed by atoms with Gasteiger partial charge in [-0.15, -0.1) is 11.3 Å². The number of nitrogens with zero attached hydrogens (tertiary/aromatic N) is 1. The smallest absolute Gasteiger partial charge is 0.312 e. The summed E-state index contributed by atoms with van der Waals surface area (Å²) < 4.78 is 0. The lowest BCUT2D eigenvalue weighted by Crippen LogP contribution is -2.24. The Morgan fingerprint density at radius 3 is 2.95 bits per heavy atom. The molecule has 2 aliphatic rings. The van der Waals surface area contributed by atoms with Crippen molar-refractivity contribution in [1.82, 2.24) is 4.98 Å². The predicted octanol–water partition coefficient (Wildman–Crippen LogP) is 3.50. The molecule has 0 aliphatic heterocycles. The number of nitrogens with one attached hydrogen (secondary N) is 1. The molecule has 1 aromatic heterocycles. The highest BCUT2D eigenvalue weighted by molar-refractivity contribution is 7.15. The predicted molar refractivity (Wildman–Crippen MR) is 80.4 cm³/mol. The summed E-state index contributed by atoms with van der Waals surface area (Å²) in [6, 6.07) is 0. The van der Waals surface area contributed by atoms with E-state index in [-0.39, 0.29) is 5.92 Å². The average Bonchev–Trinajstić information content (AvgIpc) is 2.96. The molecule has 3 rings (SSSR count). The first-order valence-corrected chi connectivity index (χ1v) is 8.43. The van der Waals surface area contributed by atoms with Gasteiger partial charge in [0.2, 0.25) is 0 Å². The molecule has 1 fully saturated rings. The van der Waals surface area contributed by atoms with Gasteiger partial charge in [0.1, 0.15) is 5.92 Å². The molecule has 0 saturated heterocycles. The topological polar surface area (TPSA) is 62.2 Å². The highest BCUT2D eigenvalue weighted by atomic mass is 32.1. The molecule has 4 nitrogen and oxygen atoms in total. The van der Waals surface area contributed by atoms with Crippen LogP contribution in [0.4, 0.5) is 5.13 Å². The molecule has 110 valence electrons. The average molecular weight is 294 g/mol. The van der Waals surface area contributed by atoms with Crippen LogP contribution in [0.5, 0.6) is 0 Å². The monoisotopic (exact) mass is 294 g/mol. The van der Waals surface area contributed by atoms with Crippen LogP contribution in [-0.4, -0.2) is 22.6 Å². The zero-order valence-corrected chi connectivity index (χ0v) is 12.7. The molecule has 3 atom stereocenters. The second kappa shape index (κ2) is 5.72. The molecule has 0 spiro atoms. The highest BCUT2D eigenvalue weighted by Gasteiger charge is 2.32. The number of fused-ring (bicyclic) bond motifs is 1. The van der Waals surface area contributed by atoms with Crippen LogP contribution in [0.15, 0.2) is 0 Å². The Labute approximate surface area is 123 Å². The number of carboxylic acid groups (broad SMARTS) is 1. The van der Waals surface area contributed by atoms with Gasteiger partial charge in [-0.1, -0.05) is 26.2 Å². The van der Waals surface area contributed by atoms with Gasteiger partial charge in [-0.05, 0) is 31.1 Å². The van der Waals surface area contributed by atoms with Gasteiger partial charge >= 0.3 is 5.97 Å². The van der Waals surface area contributed by atoms with E-state index in [0.29, 0.717) is 6.42 Å². The number of aliphatic carboxylic acids is 1. The van der Waals surface area contributed by atoms with Crippen LogP contribution >= 0.6 is 11.3 Å². The van der Waals surface area contributed by atoms with Crippen LogP contribution in [0.25, 0.3) is 0 Å². The molecule has 1 saturated carbocycles. The maximum absolute atomic E-state index is 11.2. The van der Waals surface area contributed by atoms with Crippen LogP contribution < -0.4 is 5.32 Å². The summed E-state index contributed by atoms with van der Waals surface area (Å²) in [5.74, 6) is 0.402. The third-order valence-corrected chi connectivity index (χ3v) is 5.91. The number of carboxylic acids is 1. The highest BCUT2D eigenvalue weighted by Crippen LogP contribution is 2.38. The number of anilines is 1. The Bertz CT molecular complexity index is 500. The summed E-state index contributed by atoms with van der Waals surface area (Å²) in [5.41, 5.74) is 0.807. The van der Waals surface area contributed by atoms with Crippen molar-refractivity contribution >= 4 is 22.4 Å². The van der Waals surface area contributed by atoms with E-state index in [2.05, 4.69) is 17.2 Å². The van der Waals surface area contributed by atoms with Crippen LogP contribution in [0.1, 0.15) is 55.5 Å². The maximum Gasteiger partial charge on any atom is 0.312 e. The summed E-state index contributed by atoms with van der Waals surface area (Å²) in [6.07, 6.45) is 6.92. The molecule has 1 heterocycles. The molecule has 1 aromatic rings. The van der Waals surface area contributed by atoms with Crippen molar-refractivity contribution in [2.24, 2.45) is 11.8 Å². The van der Waals surface area contributed by atoms with Crippen molar-refractivity contribution in [2.75, 3.05) is 11.9 Å². The van der Waals surface area contributed by atoms with Crippen LogP contribution in [0, 0.1) is 11.8 Å². The van der Waals surface area contributed by atoms with Gasteiger partial charge in [-0.2, -0.15) is 0 Å². The van der Waals surface area contributed by atoms with E-state index in [1.54, 1.807) is 11.3 Å². The minimum Gasteiger partial charge on any atom is -0.481 e. The number of hydrogen-bond acceptors (Lipinski definition) is 4. The molecular formula is C15H22N2O2S. The first-order chi connectivity index (χ1) is 9.65. The van der Waals surface area contributed by atoms with Gasteiger partial charge < -0.3 is 10.4 Å². The third-order valence-electron chi connectivity index (χ3n) is 4.82. The van der Waals surface area contributed by atoms with E-state index < -0.39 is 5.97 Å². The Morgan fingerprint density at radius 2 is 2.20 bits per heavy atom. The zero-order chi connectivity index (χ0) is 14.1. The van der Waals surface area contributed by atoms with E-state index in [4.69, 9.17) is 0 Å². The second-order valence-corrected chi connectivity index (χ2v) is 7.24. The first-order valence-electron chi connectivity index (χ1n) is 7.61. The quantitative estimate of drug-likeness (QED) is 0.892. The van der Waals surface area contributed by atoms with Gasteiger partial charge in [0.15, 0.2) is 5.13 Å². The standard InChI is InChI=1S/C15H22N2O2S/c1-9-4-2-3-5-10(9)8-16-15-17-13-11(14(18)19)6-7-12(13)20-15/h9-11H,2-8H2,1H3,(H,16,17)(H,18,19). The van der Waals surface area contributed by atoms with Crippen LogP contribution in [0.3, 0.4) is 0 Å². The minimum atomic E-state index is -0.735. The van der Waals surface area contributed by atoms with Gasteiger partial charge in [0.05, 0.1) is 5.69 Å². The van der Waals surface area contributed by atoms with Gasteiger partial charge in [0, 0.05) is 11.4 Å². The van der Waals surface area contributed by atoms with Crippen LogP contribution in [0.2, 0.25) is 0 Å². The van der Waals surface area contributed by atoms with E-state index in [0.717, 1.165) is 40.5 Å². The van der Waals surface area contributed by atoms with Crippen molar-refractivity contribution in [3.05, 3.63) is 10.6 Å². The molecule has 0 aromatic carbocycles. The number of aryl methyl sites for hydroxylation is 1. The fraction of sp³-hybridized carbons (Fsp3) is 0.733. The maximum atomic E-state index is 11.2. The SMILES string of the molecule is CC1CCCCC1CNc1nc2c(s1)CCC2C(=O)O. The number of hydrogen-bond donors (Lipinski definition) is 2. The molecule has 5 heteroatoms. The fourth-order valence-corrected chi connectivity index (χ4v) is 4.50. The van der Waals surface area contributed by atoms with E-state index in [1.807, 2.05) is 0 Å². The normalized spacial score (nSPS) is 29.1. The third kappa shape index (κ3) is 2.68. The molecule has 20 heavy (non-hydrogen) atoms. The Kier molecular flexibility index (Phi) is 3.96. The molecular weight excluding hydrogens is 272 g/mol. The Hall–Kier alpha value is -1.10. The van der Waals surface area contributed by atoms with Gasteiger partial charge in [-0.3, -0.25) is 4.79 Å². The van der Waals surface area contributed by atoms with Crippen molar-refractivity contribution < 1.29 is 9.90 Å². The van der Waals surface area contributed by atoms with Crippen molar-refractivity contribution in [3.63, 3.8) is 0 Å². The molecule has 0 amide bonds. The summed E-state index contributed by atoms with van der Waals surface area (Å²) >= 11 is 1.65. The van der Waals surface area contributed by atoms with Gasteiger partial charge in [-0.25, -0.2) is 4.98 Å². The summed E-state index contributed by atoms with van der Waals surface area (Å²) in [5, 5.41) is 13.5. The largest absolute Gasteiger partial charge is 0.481 e.